The third-order valence-electron chi connectivity index (χ3n) is 4.54. The number of hydrogen-bond acceptors (Lipinski definition) is 5. The zero-order valence-corrected chi connectivity index (χ0v) is 14.0. The second-order valence-corrected chi connectivity index (χ2v) is 6.15. The van der Waals surface area contributed by atoms with Gasteiger partial charge in [-0.05, 0) is 18.6 Å². The Hall–Kier alpha value is -2.96. The Morgan fingerprint density at radius 1 is 1.32 bits per heavy atom. The summed E-state index contributed by atoms with van der Waals surface area (Å²) in [4.78, 5) is 16.4. The van der Waals surface area contributed by atoms with Gasteiger partial charge >= 0.3 is 0 Å². The van der Waals surface area contributed by atoms with Crippen molar-refractivity contribution >= 4 is 5.91 Å². The Morgan fingerprint density at radius 3 is 2.88 bits per heavy atom. The molecule has 0 radical (unpaired) electrons. The molecule has 0 saturated heterocycles. The van der Waals surface area contributed by atoms with Crippen LogP contribution in [0.2, 0.25) is 0 Å². The van der Waals surface area contributed by atoms with Gasteiger partial charge in [0.05, 0.1) is 6.20 Å². The fraction of sp³-hybridized carbons (Fsp3) is 0.333. The highest BCUT2D eigenvalue weighted by molar-refractivity contribution is 5.94. The van der Waals surface area contributed by atoms with Gasteiger partial charge in [0, 0.05) is 36.6 Å². The van der Waals surface area contributed by atoms with E-state index in [0.29, 0.717) is 11.3 Å². The molecule has 25 heavy (non-hydrogen) atoms. The molecule has 0 spiro atoms. The number of carbonyl (C=O) groups is 1. The molecular formula is C18H19N5O2. The number of rotatable bonds is 4. The predicted octanol–water partition coefficient (Wildman–Crippen LogP) is 2.24. The molecule has 7 heteroatoms. The van der Waals surface area contributed by atoms with Crippen LogP contribution in [-0.2, 0) is 19.4 Å². The molecule has 0 unspecified atom stereocenters. The summed E-state index contributed by atoms with van der Waals surface area (Å²) in [6, 6.07) is 7.43. The maximum absolute atomic E-state index is 12.5. The normalized spacial score (nSPS) is 16.4. The number of fused-ring (bicyclic) bond motifs is 1. The second-order valence-electron chi connectivity index (χ2n) is 6.15. The van der Waals surface area contributed by atoms with Crippen LogP contribution in [-0.4, -0.2) is 31.7 Å². The van der Waals surface area contributed by atoms with Crippen molar-refractivity contribution in [3.8, 4) is 11.3 Å². The number of nitrogens with one attached hydrogen (secondary N) is 1. The third-order valence-corrected chi connectivity index (χ3v) is 4.54. The molecule has 1 aromatic carbocycles. The number of nitrogens with zero attached hydrogens (tertiary/aromatic N) is 4. The first-order chi connectivity index (χ1) is 12.2. The fourth-order valence-corrected chi connectivity index (χ4v) is 3.18. The third kappa shape index (κ3) is 3.05. The summed E-state index contributed by atoms with van der Waals surface area (Å²) < 4.78 is 7.39. The van der Waals surface area contributed by atoms with Gasteiger partial charge in [0.15, 0.2) is 12.2 Å². The maximum Gasteiger partial charge on any atom is 0.251 e. The van der Waals surface area contributed by atoms with E-state index < -0.39 is 0 Å². The van der Waals surface area contributed by atoms with Gasteiger partial charge in [0.1, 0.15) is 11.6 Å². The molecule has 0 bridgehead atoms. The minimum Gasteiger partial charge on any atom is -0.444 e. The van der Waals surface area contributed by atoms with Crippen molar-refractivity contribution in [2.24, 2.45) is 0 Å². The van der Waals surface area contributed by atoms with Crippen molar-refractivity contribution in [1.82, 2.24) is 25.1 Å². The van der Waals surface area contributed by atoms with Crippen molar-refractivity contribution in [2.45, 2.75) is 38.8 Å². The number of benzene rings is 1. The standard InChI is InChI=1S/C18H19N5O2/c1-2-16-21-22-17-8-7-14(10-23(16)17)20-18(24)13-5-3-12(4-6-13)15-9-19-11-25-15/h3-6,9,11,14H,2,7-8,10H2,1H3,(H,20,24)/t14-/m1/s1. The number of aryl methyl sites for hydroxylation is 2. The minimum atomic E-state index is -0.0660. The van der Waals surface area contributed by atoms with Gasteiger partial charge in [-0.3, -0.25) is 4.79 Å². The zero-order valence-electron chi connectivity index (χ0n) is 14.0. The number of hydrogen-bond donors (Lipinski definition) is 1. The number of amides is 1. The van der Waals surface area contributed by atoms with E-state index in [1.54, 1.807) is 18.3 Å². The van der Waals surface area contributed by atoms with E-state index in [4.69, 9.17) is 4.42 Å². The Morgan fingerprint density at radius 2 is 2.16 bits per heavy atom. The number of aromatic nitrogens is 4. The molecule has 1 atom stereocenters. The molecule has 0 saturated carbocycles. The van der Waals surface area contributed by atoms with Gasteiger partial charge in [0.2, 0.25) is 0 Å². The summed E-state index contributed by atoms with van der Waals surface area (Å²) >= 11 is 0. The van der Waals surface area contributed by atoms with Gasteiger partial charge in [-0.2, -0.15) is 0 Å². The molecule has 7 nitrogen and oxygen atoms in total. The summed E-state index contributed by atoms with van der Waals surface area (Å²) in [5.41, 5.74) is 1.53. The summed E-state index contributed by atoms with van der Waals surface area (Å²) in [5.74, 6) is 2.61. The van der Waals surface area contributed by atoms with E-state index in [2.05, 4.69) is 32.0 Å². The van der Waals surface area contributed by atoms with Crippen molar-refractivity contribution in [3.63, 3.8) is 0 Å². The highest BCUT2D eigenvalue weighted by Crippen LogP contribution is 2.20. The summed E-state index contributed by atoms with van der Waals surface area (Å²) in [5, 5.41) is 11.5. The van der Waals surface area contributed by atoms with Gasteiger partial charge in [0.25, 0.3) is 5.91 Å². The highest BCUT2D eigenvalue weighted by atomic mass is 16.3. The molecule has 4 rings (SSSR count). The second kappa shape index (κ2) is 6.51. The quantitative estimate of drug-likeness (QED) is 0.789. The zero-order chi connectivity index (χ0) is 17.2. The molecule has 128 valence electrons. The van der Waals surface area contributed by atoms with Gasteiger partial charge in [-0.25, -0.2) is 4.98 Å². The number of carbonyl (C=O) groups excluding carboxylic acids is 1. The smallest absolute Gasteiger partial charge is 0.251 e. The topological polar surface area (TPSA) is 85.8 Å². The SMILES string of the molecule is CCc1nnc2n1C[C@H](NC(=O)c1ccc(-c3cnco3)cc1)CC2. The number of oxazole rings is 1. The van der Waals surface area contributed by atoms with Crippen LogP contribution < -0.4 is 5.32 Å². The van der Waals surface area contributed by atoms with E-state index in [1.807, 2.05) is 12.1 Å². The van der Waals surface area contributed by atoms with Crippen LogP contribution in [0.15, 0.2) is 41.3 Å². The van der Waals surface area contributed by atoms with Crippen molar-refractivity contribution < 1.29 is 9.21 Å². The lowest BCUT2D eigenvalue weighted by Gasteiger charge is -2.25. The van der Waals surface area contributed by atoms with E-state index >= 15 is 0 Å². The van der Waals surface area contributed by atoms with E-state index in [1.165, 1.54) is 6.39 Å². The first-order valence-corrected chi connectivity index (χ1v) is 8.45. The van der Waals surface area contributed by atoms with Crippen LogP contribution in [0.25, 0.3) is 11.3 Å². The average molecular weight is 337 g/mol. The van der Waals surface area contributed by atoms with E-state index in [9.17, 15) is 4.79 Å². The minimum absolute atomic E-state index is 0.0660. The molecule has 3 heterocycles. The van der Waals surface area contributed by atoms with Crippen molar-refractivity contribution in [1.29, 1.82) is 0 Å². The monoisotopic (exact) mass is 337 g/mol. The van der Waals surface area contributed by atoms with Gasteiger partial charge in [-0.15, -0.1) is 10.2 Å². The fourth-order valence-electron chi connectivity index (χ4n) is 3.18. The Kier molecular flexibility index (Phi) is 4.05. The van der Waals surface area contributed by atoms with Crippen molar-refractivity contribution in [2.75, 3.05) is 0 Å². The van der Waals surface area contributed by atoms with Gasteiger partial charge in [-0.1, -0.05) is 19.1 Å². The molecule has 1 N–H and O–H groups in total. The lowest BCUT2D eigenvalue weighted by Crippen LogP contribution is -2.41. The van der Waals surface area contributed by atoms with Crippen LogP contribution >= 0.6 is 0 Å². The summed E-state index contributed by atoms with van der Waals surface area (Å²) in [6.45, 7) is 2.79. The molecule has 2 aromatic heterocycles. The molecule has 0 fully saturated rings. The lowest BCUT2D eigenvalue weighted by atomic mass is 10.1. The molecule has 1 aliphatic rings. The predicted molar refractivity (Wildman–Crippen MR) is 90.9 cm³/mol. The molecule has 0 aliphatic carbocycles. The molecule has 3 aromatic rings. The van der Waals surface area contributed by atoms with Crippen LogP contribution in [0, 0.1) is 0 Å². The van der Waals surface area contributed by atoms with Crippen LogP contribution in [0.5, 0.6) is 0 Å². The molecular weight excluding hydrogens is 318 g/mol. The molecule has 1 aliphatic heterocycles. The van der Waals surface area contributed by atoms with Gasteiger partial charge < -0.3 is 14.3 Å². The van der Waals surface area contributed by atoms with Crippen LogP contribution in [0.4, 0.5) is 0 Å². The van der Waals surface area contributed by atoms with Crippen molar-refractivity contribution in [3.05, 3.63) is 54.1 Å². The Bertz CT molecular complexity index is 854. The van der Waals surface area contributed by atoms with E-state index in [0.717, 1.165) is 43.0 Å². The van der Waals surface area contributed by atoms with Crippen LogP contribution in [0.3, 0.4) is 0 Å². The molecule has 1 amide bonds. The maximum atomic E-state index is 12.5. The average Bonchev–Trinajstić information content (AvgIpc) is 3.31. The Labute approximate surface area is 145 Å². The van der Waals surface area contributed by atoms with Crippen LogP contribution in [0.1, 0.15) is 35.4 Å². The summed E-state index contributed by atoms with van der Waals surface area (Å²) in [7, 11) is 0. The summed E-state index contributed by atoms with van der Waals surface area (Å²) in [6.07, 6.45) is 5.60. The largest absolute Gasteiger partial charge is 0.444 e. The lowest BCUT2D eigenvalue weighted by molar-refractivity contribution is 0.0927. The highest BCUT2D eigenvalue weighted by Gasteiger charge is 2.23. The first-order valence-electron chi connectivity index (χ1n) is 8.45. The Balaban J connectivity index is 1.44. The first kappa shape index (κ1) is 15.6. The van der Waals surface area contributed by atoms with E-state index in [-0.39, 0.29) is 11.9 Å².